The summed E-state index contributed by atoms with van der Waals surface area (Å²) in [5, 5.41) is 4.24. The highest BCUT2D eigenvalue weighted by Crippen LogP contribution is 2.28. The molecule has 2 N–H and O–H groups in total. The number of amides is 1. The first kappa shape index (κ1) is 27.2. The van der Waals surface area contributed by atoms with Crippen molar-refractivity contribution < 1.29 is 22.7 Å². The molecule has 0 fully saturated rings. The zero-order valence-corrected chi connectivity index (χ0v) is 19.9. The number of methoxy groups -OCH3 is 1. The molecule has 0 spiro atoms. The summed E-state index contributed by atoms with van der Waals surface area (Å²) in [4.78, 5) is 23.2. The van der Waals surface area contributed by atoms with E-state index in [0.29, 0.717) is 23.0 Å². The average Bonchev–Trinajstić information content (AvgIpc) is 3.17. The fraction of sp³-hybridized carbons (Fsp3) is 0.292. The molecule has 0 atom stereocenters. The Kier molecular flexibility index (Phi) is 9.26. The molecule has 35 heavy (non-hydrogen) atoms. The second kappa shape index (κ2) is 11.9. The summed E-state index contributed by atoms with van der Waals surface area (Å²) in [6, 6.07) is 5.88. The number of halogens is 3. The fourth-order valence-corrected chi connectivity index (χ4v) is 2.99. The molecule has 0 unspecified atom stereocenters. The molecule has 3 aromatic heterocycles. The molecule has 0 aromatic carbocycles. The Morgan fingerprint density at radius 3 is 2.37 bits per heavy atom. The van der Waals surface area contributed by atoms with Crippen LogP contribution in [0.15, 0.2) is 54.4 Å². The van der Waals surface area contributed by atoms with Crippen LogP contribution in [0.2, 0.25) is 0 Å². The number of aryl methyl sites for hydroxylation is 2. The molecule has 0 saturated carbocycles. The number of aromatic nitrogens is 4. The zero-order chi connectivity index (χ0) is 26.2. The van der Waals surface area contributed by atoms with Crippen molar-refractivity contribution in [2.45, 2.75) is 32.9 Å². The number of alkyl halides is 3. The van der Waals surface area contributed by atoms with Gasteiger partial charge in [-0.3, -0.25) is 19.4 Å². The monoisotopic (exact) mass is 488 g/mol. The maximum atomic E-state index is 11.9. The molecular weight excluding hydrogens is 461 g/mol. The van der Waals surface area contributed by atoms with Crippen LogP contribution >= 0.6 is 0 Å². The van der Waals surface area contributed by atoms with Crippen LogP contribution in [0.5, 0.6) is 0 Å². The Morgan fingerprint density at radius 2 is 1.89 bits per heavy atom. The molecule has 3 heterocycles. The van der Waals surface area contributed by atoms with Gasteiger partial charge in [0.15, 0.2) is 0 Å². The average molecular weight is 489 g/mol. The lowest BCUT2D eigenvalue weighted by atomic mass is 10.1. The number of nitrogens with zero attached hydrogens (tertiary/aromatic N) is 5. The van der Waals surface area contributed by atoms with Gasteiger partial charge in [-0.25, -0.2) is 4.99 Å². The van der Waals surface area contributed by atoms with Crippen molar-refractivity contribution in [3.05, 3.63) is 83.2 Å². The van der Waals surface area contributed by atoms with Crippen molar-refractivity contribution in [1.82, 2.24) is 19.7 Å². The molecule has 3 rings (SSSR count). The highest BCUT2D eigenvalue weighted by atomic mass is 19.4. The minimum Gasteiger partial charge on any atom is -0.480 e. The SMILES string of the molecule is C=C(N=C(OC)c1cnn(C)c1CC)c1ccc(CC(N)=O)cn1.Cc1ccc(C(F)(F)F)cn1. The lowest BCUT2D eigenvalue weighted by Crippen LogP contribution is -2.13. The number of nitrogens with two attached hydrogens (primary N) is 1. The second-order valence-electron chi connectivity index (χ2n) is 7.43. The Labute approximate surface area is 201 Å². The number of aliphatic imine (C=N–C) groups is 1. The van der Waals surface area contributed by atoms with E-state index in [4.69, 9.17) is 10.5 Å². The van der Waals surface area contributed by atoms with Crippen LogP contribution < -0.4 is 5.73 Å². The number of pyridine rings is 2. The lowest BCUT2D eigenvalue weighted by Gasteiger charge is -2.08. The third-order valence-electron chi connectivity index (χ3n) is 4.79. The molecule has 0 aliphatic rings. The van der Waals surface area contributed by atoms with E-state index in [9.17, 15) is 18.0 Å². The van der Waals surface area contributed by atoms with Gasteiger partial charge < -0.3 is 10.5 Å². The topological polar surface area (TPSA) is 108 Å². The van der Waals surface area contributed by atoms with Gasteiger partial charge in [0.05, 0.1) is 47.9 Å². The number of ether oxygens (including phenoxy) is 1. The molecular formula is C24H27F3N6O2. The van der Waals surface area contributed by atoms with Gasteiger partial charge in [-0.1, -0.05) is 19.6 Å². The lowest BCUT2D eigenvalue weighted by molar-refractivity contribution is -0.137. The summed E-state index contributed by atoms with van der Waals surface area (Å²) < 4.78 is 42.8. The van der Waals surface area contributed by atoms with Crippen molar-refractivity contribution in [3.63, 3.8) is 0 Å². The smallest absolute Gasteiger partial charge is 0.417 e. The number of carbonyl (C=O) groups excluding carboxylic acids is 1. The molecule has 0 aliphatic heterocycles. The van der Waals surface area contributed by atoms with Crippen LogP contribution in [0.4, 0.5) is 13.2 Å². The largest absolute Gasteiger partial charge is 0.480 e. The first-order chi connectivity index (χ1) is 16.5. The highest BCUT2D eigenvalue weighted by molar-refractivity contribution is 5.98. The third kappa shape index (κ3) is 7.76. The molecule has 0 bridgehead atoms. The summed E-state index contributed by atoms with van der Waals surface area (Å²) in [5.74, 6) is 0.0414. The van der Waals surface area contributed by atoms with E-state index in [2.05, 4.69) is 26.6 Å². The summed E-state index contributed by atoms with van der Waals surface area (Å²) in [7, 11) is 3.44. The summed E-state index contributed by atoms with van der Waals surface area (Å²) in [6.07, 6.45) is 0.825. The third-order valence-corrected chi connectivity index (χ3v) is 4.79. The summed E-state index contributed by atoms with van der Waals surface area (Å²) in [5.41, 5.74) is 8.70. The normalized spacial score (nSPS) is 11.5. The van der Waals surface area contributed by atoms with Gasteiger partial charge in [0.1, 0.15) is 0 Å². The van der Waals surface area contributed by atoms with E-state index in [1.807, 2.05) is 14.0 Å². The molecule has 0 aliphatic carbocycles. The van der Waals surface area contributed by atoms with Crippen LogP contribution in [0.25, 0.3) is 5.70 Å². The Hall–Kier alpha value is -4.02. The van der Waals surface area contributed by atoms with Gasteiger partial charge in [-0.15, -0.1) is 0 Å². The fourth-order valence-electron chi connectivity index (χ4n) is 2.99. The molecule has 3 aromatic rings. The number of primary amides is 1. The van der Waals surface area contributed by atoms with E-state index in [-0.39, 0.29) is 6.42 Å². The zero-order valence-electron chi connectivity index (χ0n) is 19.9. The predicted molar refractivity (Wildman–Crippen MR) is 126 cm³/mol. The van der Waals surface area contributed by atoms with Crippen molar-refractivity contribution in [3.8, 4) is 0 Å². The van der Waals surface area contributed by atoms with Gasteiger partial charge in [-0.05, 0) is 37.1 Å². The molecule has 0 saturated heterocycles. The predicted octanol–water partition coefficient (Wildman–Crippen LogP) is 3.88. The highest BCUT2D eigenvalue weighted by Gasteiger charge is 2.30. The van der Waals surface area contributed by atoms with E-state index in [0.717, 1.165) is 35.5 Å². The Bertz CT molecular complexity index is 1180. The van der Waals surface area contributed by atoms with Gasteiger partial charge in [0, 0.05) is 25.1 Å². The number of rotatable bonds is 6. The molecule has 0 radical (unpaired) electrons. The van der Waals surface area contributed by atoms with Crippen LogP contribution in [0.1, 0.15) is 40.7 Å². The number of hydrogen-bond donors (Lipinski definition) is 1. The van der Waals surface area contributed by atoms with Gasteiger partial charge in [0.2, 0.25) is 11.8 Å². The molecule has 8 nitrogen and oxygen atoms in total. The van der Waals surface area contributed by atoms with Crippen molar-refractivity contribution in [2.24, 2.45) is 17.8 Å². The van der Waals surface area contributed by atoms with Crippen LogP contribution in [0.3, 0.4) is 0 Å². The van der Waals surface area contributed by atoms with Crippen molar-refractivity contribution in [1.29, 1.82) is 0 Å². The minimum atomic E-state index is -4.28. The van der Waals surface area contributed by atoms with Gasteiger partial charge >= 0.3 is 6.18 Å². The number of hydrogen-bond acceptors (Lipinski definition) is 6. The Balaban J connectivity index is 0.000000328. The minimum absolute atomic E-state index is 0.155. The summed E-state index contributed by atoms with van der Waals surface area (Å²) in [6.45, 7) is 7.62. The standard InChI is InChI=1S/C17H21N5O2.C7H6F3N/c1-5-15-13(10-20-22(15)3)17(24-4)21-11(2)14-7-6-12(9-19-14)8-16(18)23;1-5-2-3-6(4-11-5)7(8,9)10/h6-7,9-10H,2,5,8H2,1,3-4H3,(H2,18,23);2-4H,1H3. The molecule has 186 valence electrons. The second-order valence-corrected chi connectivity index (χ2v) is 7.43. The molecule has 11 heteroatoms. The number of carbonyl (C=O) groups is 1. The van der Waals surface area contributed by atoms with E-state index < -0.39 is 17.6 Å². The van der Waals surface area contributed by atoms with E-state index in [1.54, 1.807) is 43.2 Å². The van der Waals surface area contributed by atoms with Crippen LogP contribution in [0, 0.1) is 6.92 Å². The Morgan fingerprint density at radius 1 is 1.17 bits per heavy atom. The van der Waals surface area contributed by atoms with Crippen molar-refractivity contribution in [2.75, 3.05) is 7.11 Å². The summed E-state index contributed by atoms with van der Waals surface area (Å²) >= 11 is 0. The first-order valence-electron chi connectivity index (χ1n) is 10.5. The first-order valence-corrected chi connectivity index (χ1v) is 10.5. The van der Waals surface area contributed by atoms with Gasteiger partial charge in [0.25, 0.3) is 0 Å². The van der Waals surface area contributed by atoms with Gasteiger partial charge in [-0.2, -0.15) is 18.3 Å². The van der Waals surface area contributed by atoms with E-state index >= 15 is 0 Å². The van der Waals surface area contributed by atoms with Crippen LogP contribution in [-0.2, 0) is 35.6 Å². The maximum absolute atomic E-state index is 11.9. The van der Waals surface area contributed by atoms with E-state index in [1.165, 1.54) is 6.07 Å². The quantitative estimate of drug-likeness (QED) is 0.419. The maximum Gasteiger partial charge on any atom is 0.417 e. The van der Waals surface area contributed by atoms with Crippen LogP contribution in [-0.4, -0.2) is 38.7 Å². The molecule has 1 amide bonds. The van der Waals surface area contributed by atoms with Crippen molar-refractivity contribution >= 4 is 17.5 Å².